The second-order valence-corrected chi connectivity index (χ2v) is 5.28. The van der Waals surface area contributed by atoms with Crippen LogP contribution in [0.1, 0.15) is 30.3 Å². The van der Waals surface area contributed by atoms with Crippen molar-refractivity contribution in [2.75, 3.05) is 6.54 Å². The van der Waals surface area contributed by atoms with Crippen molar-refractivity contribution in [3.8, 4) is 0 Å². The zero-order valence-corrected chi connectivity index (χ0v) is 12.9. The van der Waals surface area contributed by atoms with E-state index in [4.69, 9.17) is 0 Å². The van der Waals surface area contributed by atoms with Gasteiger partial charge in [-0.15, -0.1) is 0 Å². The van der Waals surface area contributed by atoms with Crippen LogP contribution < -0.4 is 5.32 Å². The molecular formula is C15H14F5N3O2. The van der Waals surface area contributed by atoms with E-state index in [9.17, 15) is 31.9 Å². The summed E-state index contributed by atoms with van der Waals surface area (Å²) in [6.07, 6.45) is -5.07. The van der Waals surface area contributed by atoms with E-state index >= 15 is 0 Å². The monoisotopic (exact) mass is 363 g/mol. The fourth-order valence-electron chi connectivity index (χ4n) is 2.05. The molecule has 2 rings (SSSR count). The van der Waals surface area contributed by atoms with Crippen LogP contribution in [-0.4, -0.2) is 27.3 Å². The van der Waals surface area contributed by atoms with Gasteiger partial charge in [-0.1, -0.05) is 6.07 Å². The third-order valence-electron chi connectivity index (χ3n) is 3.47. The van der Waals surface area contributed by atoms with E-state index in [0.29, 0.717) is 6.07 Å². The summed E-state index contributed by atoms with van der Waals surface area (Å²) in [5, 5.41) is 15.4. The molecule has 1 aromatic heterocycles. The molecule has 5 nitrogen and oxygen atoms in total. The Bertz CT molecular complexity index is 760. The smallest absolute Gasteiger partial charge is 0.386 e. The van der Waals surface area contributed by atoms with Crippen LogP contribution in [0.3, 0.4) is 0 Å². The van der Waals surface area contributed by atoms with Crippen molar-refractivity contribution in [1.82, 2.24) is 15.1 Å². The highest BCUT2D eigenvalue weighted by Gasteiger charge is 2.34. The number of hydrogen-bond donors (Lipinski definition) is 2. The summed E-state index contributed by atoms with van der Waals surface area (Å²) >= 11 is 0. The van der Waals surface area contributed by atoms with Gasteiger partial charge < -0.3 is 10.4 Å². The van der Waals surface area contributed by atoms with Crippen molar-refractivity contribution in [1.29, 1.82) is 0 Å². The summed E-state index contributed by atoms with van der Waals surface area (Å²) in [5.41, 5.74) is -1.35. The first kappa shape index (κ1) is 18.8. The molecule has 0 fully saturated rings. The van der Waals surface area contributed by atoms with E-state index in [1.54, 1.807) is 0 Å². The van der Waals surface area contributed by atoms with E-state index in [1.807, 2.05) is 0 Å². The number of aliphatic hydroxyl groups is 1. The number of aromatic nitrogens is 2. The molecular weight excluding hydrogens is 349 g/mol. The second-order valence-electron chi connectivity index (χ2n) is 5.28. The van der Waals surface area contributed by atoms with Crippen molar-refractivity contribution in [2.24, 2.45) is 0 Å². The van der Waals surface area contributed by atoms with Gasteiger partial charge in [0, 0.05) is 24.4 Å². The maximum atomic E-state index is 13.5. The summed E-state index contributed by atoms with van der Waals surface area (Å²) < 4.78 is 64.7. The molecule has 10 heteroatoms. The highest BCUT2D eigenvalue weighted by molar-refractivity contribution is 5.79. The minimum atomic E-state index is -4.63. The lowest BCUT2D eigenvalue weighted by molar-refractivity contribution is -0.142. The number of benzene rings is 1. The lowest BCUT2D eigenvalue weighted by atomic mass is 10.1. The molecule has 2 unspecified atom stereocenters. The molecule has 0 aliphatic heterocycles. The van der Waals surface area contributed by atoms with E-state index in [1.165, 1.54) is 6.92 Å². The van der Waals surface area contributed by atoms with Crippen LogP contribution in [-0.2, 0) is 11.0 Å². The number of halogens is 5. The molecule has 0 saturated heterocycles. The standard InChI is InChI=1S/C15H14F5N3O2/c1-8(23-5-4-13(22-23)15(18,19)20)14(25)21-7-12(24)10-3-2-9(16)6-11(10)17/h2-6,8,12,24H,7H2,1H3,(H,21,25). The fraction of sp³-hybridized carbons (Fsp3) is 0.333. The molecule has 1 heterocycles. The van der Waals surface area contributed by atoms with Gasteiger partial charge in [0.1, 0.15) is 17.7 Å². The molecule has 0 aliphatic carbocycles. The Balaban J connectivity index is 1.98. The third kappa shape index (κ3) is 4.53. The topological polar surface area (TPSA) is 67.2 Å². The van der Waals surface area contributed by atoms with Gasteiger partial charge >= 0.3 is 6.18 Å². The molecule has 25 heavy (non-hydrogen) atoms. The highest BCUT2D eigenvalue weighted by Crippen LogP contribution is 2.27. The van der Waals surface area contributed by atoms with E-state index in [2.05, 4.69) is 10.4 Å². The first-order chi connectivity index (χ1) is 11.6. The molecule has 2 aromatic rings. The van der Waals surface area contributed by atoms with Gasteiger partial charge in [-0.3, -0.25) is 9.48 Å². The summed E-state index contributed by atoms with van der Waals surface area (Å²) in [4.78, 5) is 12.0. The summed E-state index contributed by atoms with van der Waals surface area (Å²) in [6.45, 7) is 0.909. The Morgan fingerprint density at radius 1 is 1.32 bits per heavy atom. The summed E-state index contributed by atoms with van der Waals surface area (Å²) in [6, 6.07) is 2.22. The second kappa shape index (κ2) is 7.18. The Morgan fingerprint density at radius 2 is 2.00 bits per heavy atom. The number of alkyl halides is 3. The van der Waals surface area contributed by atoms with Crippen molar-refractivity contribution >= 4 is 5.91 Å². The van der Waals surface area contributed by atoms with E-state index < -0.39 is 48.1 Å². The predicted molar refractivity (Wildman–Crippen MR) is 76.3 cm³/mol. The first-order valence-electron chi connectivity index (χ1n) is 7.12. The zero-order valence-electron chi connectivity index (χ0n) is 12.9. The molecule has 1 amide bonds. The van der Waals surface area contributed by atoms with Crippen molar-refractivity contribution in [3.05, 3.63) is 53.4 Å². The van der Waals surface area contributed by atoms with Crippen LogP contribution >= 0.6 is 0 Å². The van der Waals surface area contributed by atoms with Gasteiger partial charge in [-0.25, -0.2) is 8.78 Å². The summed E-state index contributed by atoms with van der Waals surface area (Å²) in [5.74, 6) is -2.51. The maximum absolute atomic E-state index is 13.5. The lowest BCUT2D eigenvalue weighted by Gasteiger charge is -2.16. The van der Waals surface area contributed by atoms with Gasteiger partial charge in [0.25, 0.3) is 0 Å². The van der Waals surface area contributed by atoms with Crippen LogP contribution in [0.15, 0.2) is 30.5 Å². The number of nitrogens with zero attached hydrogens (tertiary/aromatic N) is 2. The Labute approximate surface area is 139 Å². The first-order valence-corrected chi connectivity index (χ1v) is 7.12. The largest absolute Gasteiger partial charge is 0.435 e. The third-order valence-corrected chi connectivity index (χ3v) is 3.47. The fourth-order valence-corrected chi connectivity index (χ4v) is 2.05. The SMILES string of the molecule is CC(C(=O)NCC(O)c1ccc(F)cc1F)n1ccc(C(F)(F)F)n1. The van der Waals surface area contributed by atoms with Crippen LogP contribution in [0.5, 0.6) is 0 Å². The average Bonchev–Trinajstić information content (AvgIpc) is 3.01. The number of amides is 1. The van der Waals surface area contributed by atoms with Crippen LogP contribution in [0, 0.1) is 11.6 Å². The maximum Gasteiger partial charge on any atom is 0.435 e. The van der Waals surface area contributed by atoms with Crippen LogP contribution in [0.2, 0.25) is 0 Å². The highest BCUT2D eigenvalue weighted by atomic mass is 19.4. The predicted octanol–water partition coefficient (Wildman–Crippen LogP) is 2.59. The number of carbonyl (C=O) groups is 1. The van der Waals surface area contributed by atoms with Crippen molar-refractivity contribution < 1.29 is 31.9 Å². The molecule has 0 aliphatic rings. The average molecular weight is 363 g/mol. The quantitative estimate of drug-likeness (QED) is 0.803. The number of rotatable bonds is 5. The molecule has 0 saturated carbocycles. The number of hydrogen-bond acceptors (Lipinski definition) is 3. The number of nitrogens with one attached hydrogen (secondary N) is 1. The van der Waals surface area contributed by atoms with E-state index in [-0.39, 0.29) is 5.56 Å². The van der Waals surface area contributed by atoms with Gasteiger partial charge in [-0.2, -0.15) is 18.3 Å². The molecule has 1 aromatic carbocycles. The Kier molecular flexibility index (Phi) is 5.41. The van der Waals surface area contributed by atoms with Crippen molar-refractivity contribution in [3.63, 3.8) is 0 Å². The minimum Gasteiger partial charge on any atom is -0.386 e. The Morgan fingerprint density at radius 3 is 2.56 bits per heavy atom. The molecule has 0 spiro atoms. The zero-order chi connectivity index (χ0) is 18.8. The van der Waals surface area contributed by atoms with E-state index in [0.717, 1.165) is 29.1 Å². The van der Waals surface area contributed by atoms with Gasteiger partial charge in [0.05, 0.1) is 6.10 Å². The van der Waals surface area contributed by atoms with Gasteiger partial charge in [0.15, 0.2) is 5.69 Å². The molecule has 0 radical (unpaired) electrons. The lowest BCUT2D eigenvalue weighted by Crippen LogP contribution is -2.34. The Hall–Kier alpha value is -2.49. The van der Waals surface area contributed by atoms with Gasteiger partial charge in [-0.05, 0) is 19.1 Å². The minimum absolute atomic E-state index is 0.215. The van der Waals surface area contributed by atoms with Crippen molar-refractivity contribution in [2.45, 2.75) is 25.2 Å². The normalized spacial score (nSPS) is 14.2. The van der Waals surface area contributed by atoms with Crippen LogP contribution in [0.25, 0.3) is 0 Å². The molecule has 136 valence electrons. The van der Waals surface area contributed by atoms with Crippen LogP contribution in [0.4, 0.5) is 22.0 Å². The molecule has 2 N–H and O–H groups in total. The molecule has 2 atom stereocenters. The number of aliphatic hydroxyl groups excluding tert-OH is 1. The molecule has 0 bridgehead atoms. The van der Waals surface area contributed by atoms with Gasteiger partial charge in [0.2, 0.25) is 5.91 Å². The summed E-state index contributed by atoms with van der Waals surface area (Å²) in [7, 11) is 0. The number of carbonyl (C=O) groups excluding carboxylic acids is 1.